The molecule has 1 heterocycles. The Bertz CT molecular complexity index is 1120. The monoisotopic (exact) mass is 495 g/mol. The number of carbonyl (C=O) groups is 2. The molecule has 1 aliphatic rings. The van der Waals surface area contributed by atoms with E-state index in [0.29, 0.717) is 23.7 Å². The molecule has 2 aromatic carbocycles. The molecule has 0 bridgehead atoms. The summed E-state index contributed by atoms with van der Waals surface area (Å²) in [5, 5.41) is 14.4. The summed E-state index contributed by atoms with van der Waals surface area (Å²) >= 11 is 3.44. The lowest BCUT2D eigenvalue weighted by atomic mass is 10.1. The number of aromatic nitrogens is 3. The standard InChI is InChI=1S/C24H26BrN5O2/c1-3-15(2)27-23(31)18-6-4-5-16(13-18)14-26-24(32)21-22(17-7-8-17)30(29-28-21)20-11-9-19(25)10-12-20/h4-6,9-13,15,17H,3,7-8,14H2,1-2H3,(H,26,32)(H,27,31). The maximum Gasteiger partial charge on any atom is 0.274 e. The van der Waals surface area contributed by atoms with Crippen LogP contribution in [0.1, 0.15) is 71.1 Å². The van der Waals surface area contributed by atoms with Gasteiger partial charge in [-0.15, -0.1) is 5.10 Å². The third-order valence-electron chi connectivity index (χ3n) is 5.59. The van der Waals surface area contributed by atoms with Crippen molar-refractivity contribution in [2.75, 3.05) is 0 Å². The fourth-order valence-corrected chi connectivity index (χ4v) is 3.71. The molecule has 1 saturated carbocycles. The topological polar surface area (TPSA) is 88.9 Å². The second-order valence-electron chi connectivity index (χ2n) is 8.15. The van der Waals surface area contributed by atoms with Crippen LogP contribution in [0.5, 0.6) is 0 Å². The molecule has 0 aliphatic heterocycles. The van der Waals surface area contributed by atoms with Crippen LogP contribution in [0.15, 0.2) is 53.0 Å². The van der Waals surface area contributed by atoms with Crippen molar-refractivity contribution >= 4 is 27.7 Å². The minimum Gasteiger partial charge on any atom is -0.350 e. The molecule has 2 N–H and O–H groups in total. The third-order valence-corrected chi connectivity index (χ3v) is 6.12. The SMILES string of the molecule is CCC(C)NC(=O)c1cccc(CNC(=O)c2nnn(-c3ccc(Br)cc3)c2C2CC2)c1. The lowest BCUT2D eigenvalue weighted by Crippen LogP contribution is -2.32. The smallest absolute Gasteiger partial charge is 0.274 e. The van der Waals surface area contributed by atoms with Gasteiger partial charge >= 0.3 is 0 Å². The van der Waals surface area contributed by atoms with Crippen LogP contribution in [-0.4, -0.2) is 32.9 Å². The molecular weight excluding hydrogens is 470 g/mol. The summed E-state index contributed by atoms with van der Waals surface area (Å²) < 4.78 is 2.74. The van der Waals surface area contributed by atoms with Crippen molar-refractivity contribution in [2.24, 2.45) is 0 Å². The highest BCUT2D eigenvalue weighted by molar-refractivity contribution is 9.10. The van der Waals surface area contributed by atoms with E-state index < -0.39 is 0 Å². The zero-order valence-corrected chi connectivity index (χ0v) is 19.7. The zero-order chi connectivity index (χ0) is 22.7. The lowest BCUT2D eigenvalue weighted by Gasteiger charge is -2.12. The van der Waals surface area contributed by atoms with Crippen LogP contribution >= 0.6 is 15.9 Å². The maximum absolute atomic E-state index is 13.0. The van der Waals surface area contributed by atoms with Crippen LogP contribution in [0, 0.1) is 0 Å². The molecule has 1 atom stereocenters. The second kappa shape index (κ2) is 9.65. The number of rotatable bonds is 8. The van der Waals surface area contributed by atoms with Crippen molar-refractivity contribution in [1.29, 1.82) is 0 Å². The molecule has 4 rings (SSSR count). The normalized spacial score (nSPS) is 14.1. The lowest BCUT2D eigenvalue weighted by molar-refractivity contribution is 0.0935. The highest BCUT2D eigenvalue weighted by Crippen LogP contribution is 2.42. The number of halogens is 1. The van der Waals surface area contributed by atoms with Crippen molar-refractivity contribution < 1.29 is 9.59 Å². The summed E-state index contributed by atoms with van der Waals surface area (Å²) in [7, 11) is 0. The Morgan fingerprint density at radius 3 is 2.59 bits per heavy atom. The van der Waals surface area contributed by atoms with Crippen molar-refractivity contribution in [3.63, 3.8) is 0 Å². The highest BCUT2D eigenvalue weighted by atomic mass is 79.9. The second-order valence-corrected chi connectivity index (χ2v) is 9.07. The molecule has 1 aromatic heterocycles. The van der Waals surface area contributed by atoms with Crippen molar-refractivity contribution in [3.8, 4) is 5.69 Å². The van der Waals surface area contributed by atoms with Crippen LogP contribution in [-0.2, 0) is 6.54 Å². The number of hydrogen-bond donors (Lipinski definition) is 2. The molecule has 0 radical (unpaired) electrons. The molecule has 1 aliphatic carbocycles. The van der Waals surface area contributed by atoms with E-state index in [1.54, 1.807) is 16.8 Å². The third kappa shape index (κ3) is 5.07. The Kier molecular flexibility index (Phi) is 6.69. The first-order valence-corrected chi connectivity index (χ1v) is 11.6. The zero-order valence-electron chi connectivity index (χ0n) is 18.1. The van der Waals surface area contributed by atoms with Gasteiger partial charge in [0.25, 0.3) is 11.8 Å². The number of benzene rings is 2. The van der Waals surface area contributed by atoms with E-state index in [1.807, 2.05) is 50.2 Å². The molecule has 166 valence electrons. The van der Waals surface area contributed by atoms with Crippen LogP contribution in [0.3, 0.4) is 0 Å². The van der Waals surface area contributed by atoms with Gasteiger partial charge < -0.3 is 10.6 Å². The molecule has 32 heavy (non-hydrogen) atoms. The Morgan fingerprint density at radius 2 is 1.91 bits per heavy atom. The number of nitrogens with one attached hydrogen (secondary N) is 2. The van der Waals surface area contributed by atoms with E-state index in [9.17, 15) is 9.59 Å². The highest BCUT2D eigenvalue weighted by Gasteiger charge is 2.34. The van der Waals surface area contributed by atoms with Gasteiger partial charge in [-0.2, -0.15) is 0 Å². The first kappa shape index (κ1) is 22.2. The van der Waals surface area contributed by atoms with Gasteiger partial charge in [-0.05, 0) is 68.1 Å². The Balaban J connectivity index is 1.48. The van der Waals surface area contributed by atoms with Gasteiger partial charge in [0.05, 0.1) is 11.4 Å². The minimum absolute atomic E-state index is 0.110. The molecule has 3 aromatic rings. The Morgan fingerprint density at radius 1 is 1.16 bits per heavy atom. The molecule has 7 nitrogen and oxygen atoms in total. The van der Waals surface area contributed by atoms with Gasteiger partial charge in [0, 0.05) is 28.5 Å². The van der Waals surface area contributed by atoms with E-state index in [2.05, 4.69) is 36.9 Å². The number of carbonyl (C=O) groups excluding carboxylic acids is 2. The van der Waals surface area contributed by atoms with Gasteiger partial charge in [0.1, 0.15) is 0 Å². The van der Waals surface area contributed by atoms with Crippen molar-refractivity contribution in [2.45, 2.75) is 51.6 Å². The van der Waals surface area contributed by atoms with Crippen LogP contribution < -0.4 is 10.6 Å². The van der Waals surface area contributed by atoms with Crippen molar-refractivity contribution in [1.82, 2.24) is 25.6 Å². The van der Waals surface area contributed by atoms with E-state index >= 15 is 0 Å². The first-order chi connectivity index (χ1) is 15.5. The number of hydrogen-bond acceptors (Lipinski definition) is 4. The van der Waals surface area contributed by atoms with E-state index in [-0.39, 0.29) is 17.9 Å². The number of nitrogens with zero attached hydrogens (tertiary/aromatic N) is 3. The Hall–Kier alpha value is -3.00. The first-order valence-electron chi connectivity index (χ1n) is 10.9. The minimum atomic E-state index is -0.260. The van der Waals surface area contributed by atoms with E-state index in [1.165, 1.54) is 0 Å². The predicted molar refractivity (Wildman–Crippen MR) is 126 cm³/mol. The average Bonchev–Trinajstić information content (AvgIpc) is 3.55. The quantitative estimate of drug-likeness (QED) is 0.485. The van der Waals surface area contributed by atoms with E-state index in [4.69, 9.17) is 0 Å². The fraction of sp³-hybridized carbons (Fsp3) is 0.333. The van der Waals surface area contributed by atoms with Gasteiger partial charge in [-0.1, -0.05) is 40.2 Å². The summed E-state index contributed by atoms with van der Waals surface area (Å²) in [6, 6.07) is 15.2. The summed E-state index contributed by atoms with van der Waals surface area (Å²) in [5.41, 5.74) is 3.52. The van der Waals surface area contributed by atoms with Gasteiger partial charge in [-0.25, -0.2) is 4.68 Å². The maximum atomic E-state index is 13.0. The van der Waals surface area contributed by atoms with E-state index in [0.717, 1.165) is 40.7 Å². The molecule has 8 heteroatoms. The van der Waals surface area contributed by atoms with Crippen molar-refractivity contribution in [3.05, 3.63) is 75.5 Å². The van der Waals surface area contributed by atoms with Gasteiger partial charge in [-0.3, -0.25) is 9.59 Å². The van der Waals surface area contributed by atoms with Gasteiger partial charge in [0.15, 0.2) is 5.69 Å². The van der Waals surface area contributed by atoms with Crippen LogP contribution in [0.25, 0.3) is 5.69 Å². The van der Waals surface area contributed by atoms with Crippen LogP contribution in [0.4, 0.5) is 0 Å². The summed E-state index contributed by atoms with van der Waals surface area (Å²) in [6.07, 6.45) is 2.92. The largest absolute Gasteiger partial charge is 0.350 e. The molecule has 0 spiro atoms. The predicted octanol–water partition coefficient (Wildman–Crippen LogP) is 4.37. The summed E-state index contributed by atoms with van der Waals surface area (Å²) in [4.78, 5) is 25.3. The van der Waals surface area contributed by atoms with Gasteiger partial charge in [0.2, 0.25) is 0 Å². The number of amides is 2. The molecule has 0 saturated heterocycles. The molecule has 1 unspecified atom stereocenters. The summed E-state index contributed by atoms with van der Waals surface area (Å²) in [5.74, 6) is -0.0762. The average molecular weight is 496 g/mol. The fourth-order valence-electron chi connectivity index (χ4n) is 3.44. The molecule has 1 fully saturated rings. The molecular formula is C24H26BrN5O2. The summed E-state index contributed by atoms with van der Waals surface area (Å²) in [6.45, 7) is 4.30. The molecule has 2 amide bonds. The Labute approximate surface area is 195 Å². The van der Waals surface area contributed by atoms with Crippen LogP contribution in [0.2, 0.25) is 0 Å².